The molecule has 1 aliphatic rings. The van der Waals surface area contributed by atoms with Crippen LogP contribution in [0.4, 0.5) is 11.7 Å². The molecule has 0 saturated carbocycles. The fraction of sp³-hybridized carbons (Fsp3) is 0.0800. The number of amides is 1. The van der Waals surface area contributed by atoms with Crippen LogP contribution >= 0.6 is 24.2 Å². The normalized spacial score (nSPS) is 15.3. The van der Waals surface area contributed by atoms with E-state index in [1.165, 1.54) is 18.5 Å². The third kappa shape index (κ3) is 4.81. The number of hydrogen-bond acceptors (Lipinski definition) is 8. The second-order valence-corrected chi connectivity index (χ2v) is 8.71. The number of allylic oxidation sites excluding steroid dienone is 1. The number of para-hydroxylation sites is 2. The lowest BCUT2D eigenvalue weighted by Crippen LogP contribution is -2.37. The maximum atomic E-state index is 13.4. The van der Waals surface area contributed by atoms with E-state index in [1.54, 1.807) is 25.1 Å². The number of oxazole rings is 1. The molecule has 4 aromatic rings. The fourth-order valence-corrected chi connectivity index (χ4v) is 4.17. The highest BCUT2D eigenvalue weighted by Crippen LogP contribution is 2.35. The molecule has 5 rings (SSSR count). The predicted octanol–water partition coefficient (Wildman–Crippen LogP) is 4.97. The maximum Gasteiger partial charge on any atom is 0.302 e. The molecular formula is C25H19ClN6O3S. The molecule has 1 aliphatic heterocycles. The molecule has 1 atom stereocenters. The summed E-state index contributed by atoms with van der Waals surface area (Å²) in [4.78, 5) is 38.2. The Balaban J connectivity index is 1.48. The van der Waals surface area contributed by atoms with Crippen molar-refractivity contribution in [2.24, 2.45) is 4.99 Å². The van der Waals surface area contributed by atoms with E-state index in [0.717, 1.165) is 0 Å². The number of rotatable bonds is 5. The van der Waals surface area contributed by atoms with Crippen molar-refractivity contribution in [2.75, 3.05) is 10.6 Å². The van der Waals surface area contributed by atoms with Gasteiger partial charge in [-0.15, -0.1) is 12.6 Å². The third-order valence-electron chi connectivity index (χ3n) is 5.45. The van der Waals surface area contributed by atoms with Crippen LogP contribution in [-0.4, -0.2) is 26.9 Å². The molecule has 0 radical (unpaired) electrons. The van der Waals surface area contributed by atoms with Crippen molar-refractivity contribution in [3.8, 4) is 0 Å². The van der Waals surface area contributed by atoms with E-state index >= 15 is 0 Å². The van der Waals surface area contributed by atoms with Crippen molar-refractivity contribution in [1.82, 2.24) is 15.3 Å². The van der Waals surface area contributed by atoms with Gasteiger partial charge in [0.25, 0.3) is 5.91 Å². The minimum absolute atomic E-state index is 0.250. The SMILES string of the molecule is CC1=C(C(=O)Nc2cncc(C(=O)S)c2)C(c2ccccc2Cl)N=C(Nc2nc3ccccc3o2)N1. The number of aliphatic imine (C=N–C) groups is 1. The number of nitrogens with one attached hydrogen (secondary N) is 3. The number of thiol groups is 1. The molecule has 3 heterocycles. The van der Waals surface area contributed by atoms with Crippen molar-refractivity contribution in [3.63, 3.8) is 0 Å². The Labute approximate surface area is 216 Å². The number of nitrogens with zero attached hydrogens (tertiary/aromatic N) is 3. The Morgan fingerprint density at radius 1 is 1.11 bits per heavy atom. The Morgan fingerprint density at radius 2 is 1.89 bits per heavy atom. The highest BCUT2D eigenvalue weighted by molar-refractivity contribution is 7.97. The van der Waals surface area contributed by atoms with Crippen molar-refractivity contribution in [3.05, 3.63) is 94.4 Å². The largest absolute Gasteiger partial charge is 0.423 e. The number of fused-ring (bicyclic) bond motifs is 1. The molecule has 3 N–H and O–H groups in total. The van der Waals surface area contributed by atoms with Gasteiger partial charge >= 0.3 is 6.01 Å². The van der Waals surface area contributed by atoms with E-state index in [4.69, 9.17) is 21.0 Å². The molecule has 180 valence electrons. The average molecular weight is 519 g/mol. The summed E-state index contributed by atoms with van der Waals surface area (Å²) >= 11 is 10.3. The van der Waals surface area contributed by atoms with Crippen LogP contribution in [0.1, 0.15) is 28.9 Å². The summed E-state index contributed by atoms with van der Waals surface area (Å²) < 4.78 is 5.75. The molecular weight excluding hydrogens is 500 g/mol. The topological polar surface area (TPSA) is 122 Å². The van der Waals surface area contributed by atoms with Crippen LogP contribution in [-0.2, 0) is 4.79 Å². The summed E-state index contributed by atoms with van der Waals surface area (Å²) in [5, 5.41) is 8.94. The summed E-state index contributed by atoms with van der Waals surface area (Å²) in [6.07, 6.45) is 2.82. The Morgan fingerprint density at radius 3 is 2.67 bits per heavy atom. The van der Waals surface area contributed by atoms with Crippen molar-refractivity contribution >= 4 is 64.0 Å². The van der Waals surface area contributed by atoms with Gasteiger partial charge in [-0.05, 0) is 31.2 Å². The van der Waals surface area contributed by atoms with Crippen molar-refractivity contribution in [1.29, 1.82) is 0 Å². The van der Waals surface area contributed by atoms with Crippen LogP contribution in [0.3, 0.4) is 0 Å². The van der Waals surface area contributed by atoms with E-state index in [9.17, 15) is 9.59 Å². The van der Waals surface area contributed by atoms with Crippen molar-refractivity contribution in [2.45, 2.75) is 13.0 Å². The first-order chi connectivity index (χ1) is 17.4. The number of carbonyl (C=O) groups is 2. The first kappa shape index (κ1) is 23.6. The first-order valence-corrected chi connectivity index (χ1v) is 11.6. The number of carbonyl (C=O) groups excluding carboxylic acids is 2. The van der Waals surface area contributed by atoms with Gasteiger partial charge in [-0.25, -0.2) is 4.99 Å². The second-order valence-electron chi connectivity index (χ2n) is 7.90. The van der Waals surface area contributed by atoms with E-state index in [1.807, 2.05) is 30.3 Å². The molecule has 0 spiro atoms. The number of halogens is 1. The molecule has 36 heavy (non-hydrogen) atoms. The van der Waals surface area contributed by atoms with E-state index in [0.29, 0.717) is 44.6 Å². The smallest absolute Gasteiger partial charge is 0.302 e. The quantitative estimate of drug-likeness (QED) is 0.275. The van der Waals surface area contributed by atoms with Gasteiger partial charge in [-0.3, -0.25) is 19.9 Å². The third-order valence-corrected chi connectivity index (χ3v) is 6.05. The number of anilines is 2. The first-order valence-electron chi connectivity index (χ1n) is 10.8. The van der Waals surface area contributed by atoms with Gasteiger partial charge in [-0.1, -0.05) is 41.9 Å². The lowest BCUT2D eigenvalue weighted by atomic mass is 9.95. The van der Waals surface area contributed by atoms with Gasteiger partial charge in [0.1, 0.15) is 11.6 Å². The average Bonchev–Trinajstić information content (AvgIpc) is 3.26. The fourth-order valence-electron chi connectivity index (χ4n) is 3.81. The van der Waals surface area contributed by atoms with Gasteiger partial charge in [-0.2, -0.15) is 4.98 Å². The number of guanidine groups is 1. The predicted molar refractivity (Wildman–Crippen MR) is 141 cm³/mol. The Hall–Kier alpha value is -4.15. The highest BCUT2D eigenvalue weighted by Gasteiger charge is 2.31. The van der Waals surface area contributed by atoms with E-state index in [-0.39, 0.29) is 11.6 Å². The van der Waals surface area contributed by atoms with Gasteiger partial charge in [0, 0.05) is 28.0 Å². The van der Waals surface area contributed by atoms with Gasteiger partial charge in [0.2, 0.25) is 11.1 Å². The summed E-state index contributed by atoms with van der Waals surface area (Å²) in [6, 6.07) is 15.6. The Kier molecular flexibility index (Phi) is 6.45. The maximum absolute atomic E-state index is 13.4. The van der Waals surface area contributed by atoms with E-state index in [2.05, 4.69) is 38.5 Å². The van der Waals surface area contributed by atoms with Crippen molar-refractivity contribution < 1.29 is 14.0 Å². The molecule has 0 aliphatic carbocycles. The van der Waals surface area contributed by atoms with Gasteiger partial charge < -0.3 is 15.1 Å². The molecule has 0 saturated heterocycles. The molecule has 1 amide bonds. The van der Waals surface area contributed by atoms with Crippen LogP contribution in [0.5, 0.6) is 0 Å². The number of benzene rings is 2. The zero-order valence-electron chi connectivity index (χ0n) is 18.8. The highest BCUT2D eigenvalue weighted by atomic mass is 35.5. The monoisotopic (exact) mass is 518 g/mol. The molecule has 0 bridgehead atoms. The number of hydrogen-bond donors (Lipinski definition) is 4. The Bertz CT molecular complexity index is 1530. The zero-order valence-corrected chi connectivity index (χ0v) is 20.5. The lowest BCUT2D eigenvalue weighted by Gasteiger charge is -2.27. The van der Waals surface area contributed by atoms with Gasteiger partial charge in [0.15, 0.2) is 5.58 Å². The molecule has 1 unspecified atom stereocenters. The molecule has 2 aromatic carbocycles. The molecule has 2 aromatic heterocycles. The number of pyridine rings is 1. The summed E-state index contributed by atoms with van der Waals surface area (Å²) in [5.74, 6) is -0.0926. The molecule has 9 nitrogen and oxygen atoms in total. The van der Waals surface area contributed by atoms with Crippen LogP contribution < -0.4 is 16.0 Å². The standard InChI is InChI=1S/C25H19ClN6O3S/c1-13-20(22(33)29-15-10-14(23(34)36)11-27-12-15)21(16-6-2-3-7-17(16)26)31-24(28-13)32-25-30-18-8-4-5-9-19(18)35-25/h2-12,21H,1H3,(H,29,33)(H,34,36)(H2,28,30,31,32). The summed E-state index contributed by atoms with van der Waals surface area (Å²) in [7, 11) is 0. The van der Waals surface area contributed by atoms with E-state index < -0.39 is 17.1 Å². The number of aromatic nitrogens is 2. The van der Waals surface area contributed by atoms with Crippen LogP contribution in [0.2, 0.25) is 5.02 Å². The lowest BCUT2D eigenvalue weighted by molar-refractivity contribution is -0.113. The summed E-state index contributed by atoms with van der Waals surface area (Å²) in [5.41, 5.74) is 3.45. The second kappa shape index (κ2) is 9.84. The van der Waals surface area contributed by atoms with Crippen LogP contribution in [0.25, 0.3) is 11.1 Å². The summed E-state index contributed by atoms with van der Waals surface area (Å²) in [6.45, 7) is 1.76. The molecule has 0 fully saturated rings. The minimum atomic E-state index is -0.741. The van der Waals surface area contributed by atoms with Crippen LogP contribution in [0.15, 0.2) is 87.7 Å². The molecule has 11 heteroatoms. The van der Waals surface area contributed by atoms with Gasteiger partial charge in [0.05, 0.1) is 17.5 Å². The minimum Gasteiger partial charge on any atom is -0.423 e. The van der Waals surface area contributed by atoms with Crippen LogP contribution in [0, 0.1) is 0 Å². The zero-order chi connectivity index (χ0) is 25.2.